The van der Waals surface area contributed by atoms with E-state index in [1.54, 1.807) is 0 Å². The zero-order valence-electron chi connectivity index (χ0n) is 13.5. The summed E-state index contributed by atoms with van der Waals surface area (Å²) in [5.41, 5.74) is 0. The molecule has 8 heteroatoms. The van der Waals surface area contributed by atoms with E-state index in [1.807, 2.05) is 0 Å². The van der Waals surface area contributed by atoms with Crippen LogP contribution in [0.15, 0.2) is 0 Å². The molecule has 0 rings (SSSR count). The fraction of sp³-hybridized carbons (Fsp3) is 1.00. The predicted molar refractivity (Wildman–Crippen MR) is 84.4 cm³/mol. The number of unbranched alkanes of at least 4 members (excludes halogenated alkanes) is 3. The van der Waals surface area contributed by atoms with Crippen LogP contribution in [0.4, 0.5) is 0 Å². The molecular formula is C14H36O8. The molecule has 0 aromatic rings. The van der Waals surface area contributed by atoms with Gasteiger partial charge in [-0.1, -0.05) is 0 Å². The first-order chi connectivity index (χ1) is 10.7. The molecule has 22 heavy (non-hydrogen) atoms. The fourth-order valence-electron chi connectivity index (χ4n) is 0.695. The minimum atomic E-state index is -0.125. The highest BCUT2D eigenvalue weighted by Crippen LogP contribution is 1.90. The first-order valence-electron chi connectivity index (χ1n) is 7.53. The van der Waals surface area contributed by atoms with Crippen molar-refractivity contribution >= 4 is 0 Å². The predicted octanol–water partition coefficient (Wildman–Crippen LogP) is -1.78. The van der Waals surface area contributed by atoms with Crippen molar-refractivity contribution in [3.8, 4) is 0 Å². The van der Waals surface area contributed by atoms with Gasteiger partial charge in [0, 0.05) is 39.6 Å². The van der Waals surface area contributed by atoms with Crippen LogP contribution < -0.4 is 0 Å². The SMILES string of the molecule is OCCCCCO.OCCCCO.OCCCO.OCCO. The molecule has 0 heterocycles. The Morgan fingerprint density at radius 1 is 0.227 bits per heavy atom. The van der Waals surface area contributed by atoms with Crippen molar-refractivity contribution in [2.75, 3.05) is 52.9 Å². The molecule has 0 saturated carbocycles. The molecule has 0 saturated heterocycles. The van der Waals surface area contributed by atoms with E-state index in [2.05, 4.69) is 0 Å². The lowest BCUT2D eigenvalue weighted by atomic mass is 10.2. The monoisotopic (exact) mass is 332 g/mol. The third kappa shape index (κ3) is 73.3. The van der Waals surface area contributed by atoms with E-state index in [1.165, 1.54) is 0 Å². The molecule has 8 nitrogen and oxygen atoms in total. The number of hydrogen-bond acceptors (Lipinski definition) is 8. The molecule has 140 valence electrons. The second kappa shape index (κ2) is 42.8. The molecule has 0 amide bonds. The summed E-state index contributed by atoms with van der Waals surface area (Å²) in [6, 6.07) is 0. The normalized spacial score (nSPS) is 8.73. The molecule has 0 aliphatic rings. The van der Waals surface area contributed by atoms with Crippen LogP contribution in [0.1, 0.15) is 38.5 Å². The van der Waals surface area contributed by atoms with Crippen LogP contribution in [0.3, 0.4) is 0 Å². The molecule has 0 atom stereocenters. The lowest BCUT2D eigenvalue weighted by Gasteiger charge is -1.90. The van der Waals surface area contributed by atoms with Crippen molar-refractivity contribution in [1.82, 2.24) is 0 Å². The van der Waals surface area contributed by atoms with Crippen LogP contribution >= 0.6 is 0 Å². The van der Waals surface area contributed by atoms with Gasteiger partial charge in [-0.15, -0.1) is 0 Å². The molecule has 0 bridgehead atoms. The van der Waals surface area contributed by atoms with E-state index in [9.17, 15) is 0 Å². The van der Waals surface area contributed by atoms with E-state index in [-0.39, 0.29) is 52.9 Å². The van der Waals surface area contributed by atoms with E-state index >= 15 is 0 Å². The van der Waals surface area contributed by atoms with Gasteiger partial charge in [0.05, 0.1) is 13.2 Å². The Morgan fingerprint density at radius 2 is 0.455 bits per heavy atom. The van der Waals surface area contributed by atoms with Gasteiger partial charge >= 0.3 is 0 Å². The van der Waals surface area contributed by atoms with Crippen LogP contribution in [0.5, 0.6) is 0 Å². The third-order valence-electron chi connectivity index (χ3n) is 1.80. The summed E-state index contributed by atoms with van der Waals surface area (Å²) in [6.07, 6.45) is 4.52. The first kappa shape index (κ1) is 29.7. The zero-order chi connectivity index (χ0) is 17.9. The molecule has 0 radical (unpaired) electrons. The summed E-state index contributed by atoms with van der Waals surface area (Å²) in [5.74, 6) is 0. The quantitative estimate of drug-likeness (QED) is 0.218. The third-order valence-corrected chi connectivity index (χ3v) is 1.80. The van der Waals surface area contributed by atoms with Crippen LogP contribution in [0.25, 0.3) is 0 Å². The minimum absolute atomic E-state index is 0.0938. The maximum Gasteiger partial charge on any atom is 0.0662 e. The fourth-order valence-corrected chi connectivity index (χ4v) is 0.695. The van der Waals surface area contributed by atoms with Crippen molar-refractivity contribution in [2.24, 2.45) is 0 Å². The van der Waals surface area contributed by atoms with Gasteiger partial charge in [0.2, 0.25) is 0 Å². The molecule has 8 N–H and O–H groups in total. The Hall–Kier alpha value is -0.320. The first-order valence-corrected chi connectivity index (χ1v) is 7.53. The van der Waals surface area contributed by atoms with Gasteiger partial charge in [0.15, 0.2) is 0 Å². The zero-order valence-corrected chi connectivity index (χ0v) is 13.5. The van der Waals surface area contributed by atoms with Crippen LogP contribution in [0, 0.1) is 0 Å². The van der Waals surface area contributed by atoms with Crippen molar-refractivity contribution < 1.29 is 40.9 Å². The summed E-state index contributed by atoms with van der Waals surface area (Å²) in [5, 5.41) is 63.7. The Labute approximate surface area is 133 Å². The largest absolute Gasteiger partial charge is 0.396 e. The average molecular weight is 332 g/mol. The summed E-state index contributed by atoms with van der Waals surface area (Å²) in [4.78, 5) is 0. The van der Waals surface area contributed by atoms with E-state index in [4.69, 9.17) is 40.9 Å². The second-order valence-corrected chi connectivity index (χ2v) is 3.91. The number of rotatable bonds is 10. The average Bonchev–Trinajstić information content (AvgIpc) is 2.55. The second-order valence-electron chi connectivity index (χ2n) is 3.91. The highest BCUT2D eigenvalue weighted by Gasteiger charge is 1.81. The van der Waals surface area contributed by atoms with Gasteiger partial charge in [0.1, 0.15) is 0 Å². The molecule has 0 spiro atoms. The van der Waals surface area contributed by atoms with Gasteiger partial charge in [-0.3, -0.25) is 0 Å². The standard InChI is InChI=1S/C5H12O2.C4H10O2.C3H8O2.C2H6O2/c6-4-2-1-3-5-7;5-3-1-2-4-6;4-2-1-3-5;3-1-2-4/h6-7H,1-5H2;5-6H,1-4H2;4-5H,1-3H2;3-4H,1-2H2. The Balaban J connectivity index is -0.000000100. The summed E-state index contributed by atoms with van der Waals surface area (Å²) in [7, 11) is 0. The summed E-state index contributed by atoms with van der Waals surface area (Å²) >= 11 is 0. The molecule has 0 aliphatic heterocycles. The lowest BCUT2D eigenvalue weighted by molar-refractivity contribution is 0.186. The van der Waals surface area contributed by atoms with Crippen molar-refractivity contribution in [2.45, 2.75) is 38.5 Å². The molecule has 0 unspecified atom stereocenters. The van der Waals surface area contributed by atoms with E-state index in [0.717, 1.165) is 32.1 Å². The Kier molecular flexibility index (Phi) is 57.7. The van der Waals surface area contributed by atoms with Gasteiger partial charge in [-0.25, -0.2) is 0 Å². The molecular weight excluding hydrogens is 296 g/mol. The molecule has 0 aromatic heterocycles. The van der Waals surface area contributed by atoms with Crippen LogP contribution in [-0.2, 0) is 0 Å². The maximum absolute atomic E-state index is 8.21. The van der Waals surface area contributed by atoms with Crippen molar-refractivity contribution in [1.29, 1.82) is 0 Å². The van der Waals surface area contributed by atoms with Crippen LogP contribution in [-0.4, -0.2) is 93.7 Å². The maximum atomic E-state index is 8.21. The smallest absolute Gasteiger partial charge is 0.0662 e. The number of aliphatic hydroxyl groups excluding tert-OH is 8. The Morgan fingerprint density at radius 3 is 0.591 bits per heavy atom. The van der Waals surface area contributed by atoms with Gasteiger partial charge in [-0.05, 0) is 38.5 Å². The van der Waals surface area contributed by atoms with Crippen LogP contribution in [0.2, 0.25) is 0 Å². The van der Waals surface area contributed by atoms with Gasteiger partial charge < -0.3 is 40.9 Å². The molecule has 0 aromatic carbocycles. The van der Waals surface area contributed by atoms with Crippen molar-refractivity contribution in [3.05, 3.63) is 0 Å². The van der Waals surface area contributed by atoms with E-state index in [0.29, 0.717) is 6.42 Å². The number of aliphatic hydroxyl groups is 8. The summed E-state index contributed by atoms with van der Waals surface area (Å²) < 4.78 is 0. The highest BCUT2D eigenvalue weighted by atomic mass is 16.3. The van der Waals surface area contributed by atoms with E-state index < -0.39 is 0 Å². The summed E-state index contributed by atoms with van der Waals surface area (Å²) in [6.45, 7) is 0.828. The molecule has 0 aliphatic carbocycles. The number of hydrogen-bond donors (Lipinski definition) is 8. The van der Waals surface area contributed by atoms with Gasteiger partial charge in [-0.2, -0.15) is 0 Å². The molecule has 0 fully saturated rings. The van der Waals surface area contributed by atoms with Crippen molar-refractivity contribution in [3.63, 3.8) is 0 Å². The lowest BCUT2D eigenvalue weighted by Crippen LogP contribution is -1.85. The Bertz CT molecular complexity index is 115. The van der Waals surface area contributed by atoms with Gasteiger partial charge in [0.25, 0.3) is 0 Å². The highest BCUT2D eigenvalue weighted by molar-refractivity contribution is 4.35. The minimum Gasteiger partial charge on any atom is -0.396 e. The topological polar surface area (TPSA) is 162 Å².